The summed E-state index contributed by atoms with van der Waals surface area (Å²) in [4.78, 5) is 18.7. The molecule has 2 aromatic rings. The average Bonchev–Trinajstić information content (AvgIpc) is 3.07. The number of rotatable bonds is 3. The van der Waals surface area contributed by atoms with Gasteiger partial charge in [0.1, 0.15) is 0 Å². The summed E-state index contributed by atoms with van der Waals surface area (Å²) in [6.07, 6.45) is 4.17. The maximum Gasteiger partial charge on any atom is 0.309 e. The SMILES string of the molecule is COC(=O)C1CCCCC1c1sc(C(C)(C)C)nc1-c1ccc(Br)cc1. The third-order valence-corrected chi connectivity index (χ3v) is 7.16. The fourth-order valence-corrected chi connectivity index (χ4v) is 5.21. The van der Waals surface area contributed by atoms with Crippen LogP contribution >= 0.6 is 27.3 Å². The Morgan fingerprint density at radius 2 is 1.85 bits per heavy atom. The van der Waals surface area contributed by atoms with Crippen molar-refractivity contribution in [3.63, 3.8) is 0 Å². The summed E-state index contributed by atoms with van der Waals surface area (Å²) in [6, 6.07) is 8.30. The molecule has 0 radical (unpaired) electrons. The maximum absolute atomic E-state index is 12.4. The number of hydrogen-bond donors (Lipinski definition) is 0. The van der Waals surface area contributed by atoms with Gasteiger partial charge in [-0.2, -0.15) is 0 Å². The highest BCUT2D eigenvalue weighted by molar-refractivity contribution is 9.10. The van der Waals surface area contributed by atoms with Crippen molar-refractivity contribution in [3.8, 4) is 11.3 Å². The molecule has 1 saturated carbocycles. The fraction of sp³-hybridized carbons (Fsp3) is 0.524. The number of aromatic nitrogens is 1. The summed E-state index contributed by atoms with van der Waals surface area (Å²) < 4.78 is 6.17. The van der Waals surface area contributed by atoms with Gasteiger partial charge in [-0.1, -0.05) is 61.7 Å². The van der Waals surface area contributed by atoms with Crippen LogP contribution in [0, 0.1) is 5.92 Å². The minimum atomic E-state index is -0.0813. The Hall–Kier alpha value is -1.20. The van der Waals surface area contributed by atoms with Gasteiger partial charge in [0.2, 0.25) is 0 Å². The standard InChI is InChI=1S/C21H26BrNO2S/c1-21(2,3)20-23-17(13-9-11-14(22)12-10-13)18(26-20)15-7-5-6-8-16(15)19(24)25-4/h9-12,15-16H,5-8H2,1-4H3. The zero-order chi connectivity index (χ0) is 18.9. The van der Waals surface area contributed by atoms with Crippen molar-refractivity contribution in [2.24, 2.45) is 5.92 Å². The van der Waals surface area contributed by atoms with Crippen molar-refractivity contribution < 1.29 is 9.53 Å². The first-order valence-corrected chi connectivity index (χ1v) is 10.8. The second kappa shape index (κ2) is 7.81. The quantitative estimate of drug-likeness (QED) is 0.529. The van der Waals surface area contributed by atoms with Gasteiger partial charge in [0.15, 0.2) is 0 Å². The first-order chi connectivity index (χ1) is 12.3. The van der Waals surface area contributed by atoms with Crippen LogP contribution in [0.2, 0.25) is 0 Å². The molecule has 2 unspecified atom stereocenters. The molecule has 1 aromatic carbocycles. The molecule has 3 nitrogen and oxygen atoms in total. The molecule has 3 rings (SSSR count). The van der Waals surface area contributed by atoms with Crippen LogP contribution in [-0.2, 0) is 14.9 Å². The van der Waals surface area contributed by atoms with Gasteiger partial charge in [0.25, 0.3) is 0 Å². The third kappa shape index (κ3) is 4.04. The number of carbonyl (C=O) groups excluding carboxylic acids is 1. The van der Waals surface area contributed by atoms with E-state index in [1.54, 1.807) is 11.3 Å². The van der Waals surface area contributed by atoms with E-state index in [2.05, 4.69) is 48.8 Å². The summed E-state index contributed by atoms with van der Waals surface area (Å²) in [5.74, 6) is 0.0572. The Morgan fingerprint density at radius 3 is 2.46 bits per heavy atom. The largest absolute Gasteiger partial charge is 0.469 e. The van der Waals surface area contributed by atoms with E-state index in [-0.39, 0.29) is 23.2 Å². The van der Waals surface area contributed by atoms with Crippen LogP contribution in [0.5, 0.6) is 0 Å². The van der Waals surface area contributed by atoms with E-state index in [0.29, 0.717) is 0 Å². The Kier molecular flexibility index (Phi) is 5.88. The highest BCUT2D eigenvalue weighted by Gasteiger charge is 2.37. The molecule has 0 amide bonds. The summed E-state index contributed by atoms with van der Waals surface area (Å²) in [5.41, 5.74) is 2.14. The van der Waals surface area contributed by atoms with Crippen molar-refractivity contribution in [2.75, 3.05) is 7.11 Å². The Morgan fingerprint density at radius 1 is 1.19 bits per heavy atom. The summed E-state index contributed by atoms with van der Waals surface area (Å²) in [6.45, 7) is 6.58. The van der Waals surface area contributed by atoms with Crippen LogP contribution < -0.4 is 0 Å². The number of ether oxygens (including phenoxy) is 1. The number of nitrogens with zero attached hydrogens (tertiary/aromatic N) is 1. The molecule has 5 heteroatoms. The second-order valence-corrected chi connectivity index (χ2v) is 9.96. The second-order valence-electron chi connectivity index (χ2n) is 8.01. The highest BCUT2D eigenvalue weighted by atomic mass is 79.9. The Balaban J connectivity index is 2.10. The first kappa shape index (κ1) is 19.6. The molecule has 0 N–H and O–H groups in total. The van der Waals surface area contributed by atoms with Gasteiger partial charge >= 0.3 is 5.97 Å². The minimum Gasteiger partial charge on any atom is -0.469 e. The number of halogens is 1. The lowest BCUT2D eigenvalue weighted by molar-refractivity contribution is -0.147. The van der Waals surface area contributed by atoms with E-state index >= 15 is 0 Å². The van der Waals surface area contributed by atoms with Crippen LogP contribution in [0.3, 0.4) is 0 Å². The zero-order valence-corrected chi connectivity index (χ0v) is 18.2. The van der Waals surface area contributed by atoms with Crippen molar-refractivity contribution in [2.45, 2.75) is 57.8 Å². The Bertz CT molecular complexity index is 776. The Labute approximate surface area is 168 Å². The van der Waals surface area contributed by atoms with Crippen molar-refractivity contribution >= 4 is 33.2 Å². The number of methoxy groups -OCH3 is 1. The molecule has 0 spiro atoms. The molecule has 0 aliphatic heterocycles. The van der Waals surface area contributed by atoms with E-state index in [9.17, 15) is 4.79 Å². The highest BCUT2D eigenvalue weighted by Crippen LogP contribution is 2.46. The molecule has 0 saturated heterocycles. The maximum atomic E-state index is 12.4. The van der Waals surface area contributed by atoms with E-state index in [0.717, 1.165) is 46.4 Å². The molecule has 1 heterocycles. The van der Waals surface area contributed by atoms with E-state index in [4.69, 9.17) is 9.72 Å². The van der Waals surface area contributed by atoms with Crippen LogP contribution in [0.4, 0.5) is 0 Å². The zero-order valence-electron chi connectivity index (χ0n) is 15.8. The molecule has 140 valence electrons. The van der Waals surface area contributed by atoms with Gasteiger partial charge in [-0.15, -0.1) is 11.3 Å². The van der Waals surface area contributed by atoms with Gasteiger partial charge in [-0.3, -0.25) is 4.79 Å². The van der Waals surface area contributed by atoms with E-state index < -0.39 is 0 Å². The number of benzene rings is 1. The number of esters is 1. The summed E-state index contributed by atoms with van der Waals surface area (Å²) in [5, 5.41) is 1.12. The lowest BCUT2D eigenvalue weighted by Gasteiger charge is -2.29. The normalized spacial score (nSPS) is 20.8. The first-order valence-electron chi connectivity index (χ1n) is 9.16. The van der Waals surface area contributed by atoms with E-state index in [1.165, 1.54) is 12.0 Å². The smallest absolute Gasteiger partial charge is 0.309 e. The topological polar surface area (TPSA) is 39.2 Å². The van der Waals surface area contributed by atoms with Crippen molar-refractivity contribution in [1.29, 1.82) is 0 Å². The molecular weight excluding hydrogens is 410 g/mol. The lowest BCUT2D eigenvalue weighted by atomic mass is 9.77. The molecule has 1 fully saturated rings. The van der Waals surface area contributed by atoms with Gasteiger partial charge in [0, 0.05) is 26.2 Å². The van der Waals surface area contributed by atoms with E-state index in [1.807, 2.05) is 12.1 Å². The molecule has 26 heavy (non-hydrogen) atoms. The average molecular weight is 436 g/mol. The monoisotopic (exact) mass is 435 g/mol. The van der Waals surface area contributed by atoms with Gasteiger partial charge in [-0.05, 0) is 25.0 Å². The molecule has 1 aliphatic carbocycles. The van der Waals surface area contributed by atoms with Crippen LogP contribution in [0.1, 0.15) is 62.3 Å². The molecule has 2 atom stereocenters. The van der Waals surface area contributed by atoms with Gasteiger partial charge < -0.3 is 4.74 Å². The van der Waals surface area contributed by atoms with Crippen molar-refractivity contribution in [1.82, 2.24) is 4.98 Å². The molecule has 0 bridgehead atoms. The minimum absolute atomic E-state index is 0.0114. The molecular formula is C21H26BrNO2S. The fourth-order valence-electron chi connectivity index (χ4n) is 3.60. The predicted molar refractivity (Wildman–Crippen MR) is 111 cm³/mol. The van der Waals surface area contributed by atoms with Gasteiger partial charge in [-0.25, -0.2) is 4.98 Å². The lowest BCUT2D eigenvalue weighted by Crippen LogP contribution is -2.26. The van der Waals surface area contributed by atoms with Crippen LogP contribution in [-0.4, -0.2) is 18.1 Å². The van der Waals surface area contributed by atoms with Crippen LogP contribution in [0.15, 0.2) is 28.7 Å². The van der Waals surface area contributed by atoms with Crippen molar-refractivity contribution in [3.05, 3.63) is 38.6 Å². The molecule has 1 aromatic heterocycles. The van der Waals surface area contributed by atoms with Crippen LogP contribution in [0.25, 0.3) is 11.3 Å². The number of thiazole rings is 1. The summed E-state index contributed by atoms with van der Waals surface area (Å²) in [7, 11) is 1.50. The summed E-state index contributed by atoms with van der Waals surface area (Å²) >= 11 is 5.28. The predicted octanol–water partition coefficient (Wildman–Crippen LogP) is 6.32. The number of carbonyl (C=O) groups is 1. The van der Waals surface area contributed by atoms with Gasteiger partial charge in [0.05, 0.1) is 23.7 Å². The number of hydrogen-bond acceptors (Lipinski definition) is 4. The molecule has 1 aliphatic rings. The third-order valence-electron chi connectivity index (χ3n) is 5.02.